The summed E-state index contributed by atoms with van der Waals surface area (Å²) in [5.41, 5.74) is 0.856. The standard InChI is InChI=1S/C17H23NO3/c1-5-15(16(19)20)18(4)12-14-8-6-13(7-9-14)10-11-17(2,3)21/h6-9,15,21H,5,12H2,1-4H3,(H,19,20). The second-order valence-corrected chi connectivity index (χ2v) is 5.68. The second-order valence-electron chi connectivity index (χ2n) is 5.68. The number of likely N-dealkylation sites (N-methyl/N-ethyl adjacent to an activating group) is 1. The molecule has 0 heterocycles. The number of carbonyl (C=O) groups is 1. The average molecular weight is 289 g/mol. The Kier molecular flexibility index (Phi) is 5.95. The SMILES string of the molecule is CCC(C(=O)O)N(C)Cc1ccc(C#CC(C)(C)O)cc1. The number of nitrogens with zero attached hydrogens (tertiary/aromatic N) is 1. The summed E-state index contributed by atoms with van der Waals surface area (Å²) in [6.07, 6.45) is 0.570. The van der Waals surface area contributed by atoms with Gasteiger partial charge in [-0.25, -0.2) is 0 Å². The first-order valence-corrected chi connectivity index (χ1v) is 7.00. The third-order valence-corrected chi connectivity index (χ3v) is 3.10. The van der Waals surface area contributed by atoms with E-state index < -0.39 is 17.6 Å². The van der Waals surface area contributed by atoms with Gasteiger partial charge in [0.05, 0.1) is 0 Å². The molecular weight excluding hydrogens is 266 g/mol. The molecule has 1 rings (SSSR count). The van der Waals surface area contributed by atoms with Crippen molar-refractivity contribution in [1.82, 2.24) is 4.90 Å². The van der Waals surface area contributed by atoms with Crippen LogP contribution in [0, 0.1) is 11.8 Å². The van der Waals surface area contributed by atoms with Crippen molar-refractivity contribution in [3.63, 3.8) is 0 Å². The molecular formula is C17H23NO3. The predicted octanol–water partition coefficient (Wildman–Crippen LogP) is 2.10. The number of rotatable bonds is 5. The van der Waals surface area contributed by atoms with Gasteiger partial charge in [-0.1, -0.05) is 30.9 Å². The lowest BCUT2D eigenvalue weighted by molar-refractivity contribution is -0.143. The Labute approximate surface area is 126 Å². The fourth-order valence-corrected chi connectivity index (χ4v) is 1.99. The molecule has 0 aliphatic rings. The molecule has 0 saturated heterocycles. The van der Waals surface area contributed by atoms with E-state index in [0.717, 1.165) is 11.1 Å². The molecule has 0 fully saturated rings. The van der Waals surface area contributed by atoms with Crippen LogP contribution in [0.25, 0.3) is 0 Å². The zero-order valence-corrected chi connectivity index (χ0v) is 13.1. The van der Waals surface area contributed by atoms with Crippen LogP contribution in [0.4, 0.5) is 0 Å². The maximum absolute atomic E-state index is 11.1. The quantitative estimate of drug-likeness (QED) is 0.815. The third kappa shape index (κ3) is 5.99. The first kappa shape index (κ1) is 17.2. The molecule has 1 aromatic carbocycles. The molecule has 0 aromatic heterocycles. The van der Waals surface area contributed by atoms with Crippen LogP contribution in [-0.2, 0) is 11.3 Å². The number of aliphatic hydroxyl groups is 1. The van der Waals surface area contributed by atoms with E-state index >= 15 is 0 Å². The minimum atomic E-state index is -1.01. The van der Waals surface area contributed by atoms with Crippen molar-refractivity contribution in [3.05, 3.63) is 35.4 Å². The van der Waals surface area contributed by atoms with Gasteiger partial charge in [-0.15, -0.1) is 0 Å². The minimum absolute atomic E-state index is 0.473. The summed E-state index contributed by atoms with van der Waals surface area (Å²) in [7, 11) is 1.81. The monoisotopic (exact) mass is 289 g/mol. The van der Waals surface area contributed by atoms with Gasteiger partial charge in [0, 0.05) is 12.1 Å². The summed E-state index contributed by atoms with van der Waals surface area (Å²) in [6.45, 7) is 5.72. The zero-order valence-electron chi connectivity index (χ0n) is 13.1. The highest BCUT2D eigenvalue weighted by Gasteiger charge is 2.20. The molecule has 0 saturated carbocycles. The molecule has 0 bridgehead atoms. The molecule has 1 aromatic rings. The van der Waals surface area contributed by atoms with E-state index in [-0.39, 0.29) is 0 Å². The molecule has 1 atom stereocenters. The van der Waals surface area contributed by atoms with Gasteiger partial charge >= 0.3 is 5.97 Å². The topological polar surface area (TPSA) is 60.8 Å². The van der Waals surface area contributed by atoms with Crippen LogP contribution in [0.1, 0.15) is 38.3 Å². The summed E-state index contributed by atoms with van der Waals surface area (Å²) >= 11 is 0. The summed E-state index contributed by atoms with van der Waals surface area (Å²) in [5.74, 6) is 4.87. The van der Waals surface area contributed by atoms with Crippen molar-refractivity contribution in [2.24, 2.45) is 0 Å². The van der Waals surface area contributed by atoms with E-state index in [1.165, 1.54) is 0 Å². The van der Waals surface area contributed by atoms with Crippen LogP contribution in [0.5, 0.6) is 0 Å². The lowest BCUT2D eigenvalue weighted by atomic mass is 10.1. The maximum Gasteiger partial charge on any atom is 0.320 e. The molecule has 0 aliphatic heterocycles. The van der Waals surface area contributed by atoms with Gasteiger partial charge in [0.2, 0.25) is 0 Å². The van der Waals surface area contributed by atoms with Gasteiger partial charge in [0.1, 0.15) is 11.6 Å². The number of hydrogen-bond acceptors (Lipinski definition) is 3. The summed E-state index contributed by atoms with van der Waals surface area (Å²) in [4.78, 5) is 12.9. The number of benzene rings is 1. The van der Waals surface area contributed by atoms with E-state index in [1.807, 2.05) is 43.1 Å². The van der Waals surface area contributed by atoms with E-state index in [9.17, 15) is 9.90 Å². The van der Waals surface area contributed by atoms with E-state index in [1.54, 1.807) is 13.8 Å². The van der Waals surface area contributed by atoms with Crippen LogP contribution in [-0.4, -0.2) is 39.8 Å². The summed E-state index contributed by atoms with van der Waals surface area (Å²) in [5, 5.41) is 18.7. The summed E-state index contributed by atoms with van der Waals surface area (Å²) < 4.78 is 0. The molecule has 4 nitrogen and oxygen atoms in total. The van der Waals surface area contributed by atoms with Crippen LogP contribution in [0.15, 0.2) is 24.3 Å². The van der Waals surface area contributed by atoms with Gasteiger partial charge < -0.3 is 10.2 Å². The maximum atomic E-state index is 11.1. The molecule has 0 aliphatic carbocycles. The Morgan fingerprint density at radius 3 is 2.33 bits per heavy atom. The fourth-order valence-electron chi connectivity index (χ4n) is 1.99. The highest BCUT2D eigenvalue weighted by atomic mass is 16.4. The van der Waals surface area contributed by atoms with Crippen LogP contribution < -0.4 is 0 Å². The van der Waals surface area contributed by atoms with Gasteiger partial charge in [-0.3, -0.25) is 9.69 Å². The van der Waals surface area contributed by atoms with E-state index in [0.29, 0.717) is 13.0 Å². The fraction of sp³-hybridized carbons (Fsp3) is 0.471. The molecule has 4 heteroatoms. The van der Waals surface area contributed by atoms with Crippen molar-refractivity contribution in [2.75, 3.05) is 7.05 Å². The van der Waals surface area contributed by atoms with Crippen molar-refractivity contribution in [1.29, 1.82) is 0 Å². The van der Waals surface area contributed by atoms with E-state index in [4.69, 9.17) is 5.11 Å². The molecule has 0 amide bonds. The Morgan fingerprint density at radius 1 is 1.33 bits per heavy atom. The van der Waals surface area contributed by atoms with Crippen LogP contribution in [0.2, 0.25) is 0 Å². The Balaban J connectivity index is 2.74. The minimum Gasteiger partial charge on any atom is -0.480 e. The average Bonchev–Trinajstić information content (AvgIpc) is 2.37. The summed E-state index contributed by atoms with van der Waals surface area (Å²) in [6, 6.07) is 7.14. The van der Waals surface area contributed by atoms with Gasteiger partial charge in [-0.05, 0) is 45.0 Å². The molecule has 114 valence electrons. The second kappa shape index (κ2) is 7.26. The third-order valence-electron chi connectivity index (χ3n) is 3.10. The highest BCUT2D eigenvalue weighted by Crippen LogP contribution is 2.10. The predicted molar refractivity (Wildman–Crippen MR) is 82.8 cm³/mol. The van der Waals surface area contributed by atoms with E-state index in [2.05, 4.69) is 11.8 Å². The normalized spacial score (nSPS) is 12.7. The van der Waals surface area contributed by atoms with Crippen molar-refractivity contribution in [3.8, 4) is 11.8 Å². The molecule has 1 unspecified atom stereocenters. The lowest BCUT2D eigenvalue weighted by Gasteiger charge is -2.23. The largest absolute Gasteiger partial charge is 0.480 e. The Bertz CT molecular complexity index is 532. The number of hydrogen-bond donors (Lipinski definition) is 2. The first-order chi connectivity index (χ1) is 9.73. The molecule has 0 spiro atoms. The van der Waals surface area contributed by atoms with Crippen LogP contribution >= 0.6 is 0 Å². The molecule has 21 heavy (non-hydrogen) atoms. The van der Waals surface area contributed by atoms with Crippen LogP contribution in [0.3, 0.4) is 0 Å². The lowest BCUT2D eigenvalue weighted by Crippen LogP contribution is -2.37. The van der Waals surface area contributed by atoms with Crippen molar-refractivity contribution in [2.45, 2.75) is 45.4 Å². The Morgan fingerprint density at radius 2 is 1.90 bits per heavy atom. The van der Waals surface area contributed by atoms with Gasteiger partial charge in [-0.2, -0.15) is 0 Å². The molecule has 2 N–H and O–H groups in total. The number of aliphatic carboxylic acids is 1. The highest BCUT2D eigenvalue weighted by molar-refractivity contribution is 5.73. The zero-order chi connectivity index (χ0) is 16.0. The van der Waals surface area contributed by atoms with Crippen molar-refractivity contribution < 1.29 is 15.0 Å². The van der Waals surface area contributed by atoms with Crippen molar-refractivity contribution >= 4 is 5.97 Å². The Hall–Kier alpha value is -1.83. The smallest absolute Gasteiger partial charge is 0.320 e. The first-order valence-electron chi connectivity index (χ1n) is 7.00. The molecule has 0 radical (unpaired) electrons. The van der Waals surface area contributed by atoms with Gasteiger partial charge in [0.25, 0.3) is 0 Å². The number of carboxylic acids is 1. The van der Waals surface area contributed by atoms with Gasteiger partial charge in [0.15, 0.2) is 0 Å². The number of carboxylic acid groups (broad SMARTS) is 1.